The molecule has 0 N–H and O–H groups in total. The number of imidazole rings is 1. The molecule has 10 heteroatoms. The molecule has 0 saturated carbocycles. The second-order valence-corrected chi connectivity index (χ2v) is 8.85. The summed E-state index contributed by atoms with van der Waals surface area (Å²) in [5.41, 5.74) is 3.37. The Kier molecular flexibility index (Phi) is 6.31. The van der Waals surface area contributed by atoms with Gasteiger partial charge in [0.25, 0.3) is 5.56 Å². The quantitative estimate of drug-likeness (QED) is 0.252. The van der Waals surface area contributed by atoms with Gasteiger partial charge in [-0.05, 0) is 25.5 Å². The highest BCUT2D eigenvalue weighted by molar-refractivity contribution is 5.96. The van der Waals surface area contributed by atoms with E-state index in [0.29, 0.717) is 22.4 Å². The number of nitrogens with zero attached hydrogens (tertiary/aromatic N) is 6. The van der Waals surface area contributed by atoms with Gasteiger partial charge in [0.1, 0.15) is 11.3 Å². The van der Waals surface area contributed by atoms with Crippen LogP contribution in [0.25, 0.3) is 28.1 Å². The van der Waals surface area contributed by atoms with Gasteiger partial charge in [0.15, 0.2) is 11.2 Å². The highest BCUT2D eigenvalue weighted by atomic mass is 16.5. The molecule has 0 amide bonds. The molecule has 5 aromatic rings. The molecule has 188 valence electrons. The number of benzene rings is 2. The number of rotatable bonds is 7. The third-order valence-corrected chi connectivity index (χ3v) is 6.24. The summed E-state index contributed by atoms with van der Waals surface area (Å²) in [6, 6.07) is 17.3. The summed E-state index contributed by atoms with van der Waals surface area (Å²) in [5, 5.41) is 4.66. The van der Waals surface area contributed by atoms with E-state index in [1.165, 1.54) is 10.9 Å². The number of aryl methyl sites for hydroxylation is 3. The Labute approximate surface area is 212 Å². The molecule has 0 radical (unpaired) electrons. The van der Waals surface area contributed by atoms with Gasteiger partial charge >= 0.3 is 11.7 Å². The Bertz CT molecular complexity index is 1710. The van der Waals surface area contributed by atoms with Crippen LogP contribution in [-0.4, -0.2) is 41.0 Å². The molecule has 0 aliphatic rings. The van der Waals surface area contributed by atoms with Crippen LogP contribution in [0.3, 0.4) is 0 Å². The molecule has 0 atom stereocenters. The van der Waals surface area contributed by atoms with E-state index in [-0.39, 0.29) is 19.6 Å². The first-order valence-electron chi connectivity index (χ1n) is 11.9. The topological polar surface area (TPSA) is 106 Å². The third kappa shape index (κ3) is 4.49. The number of hydrogen-bond acceptors (Lipinski definition) is 6. The zero-order valence-electron chi connectivity index (χ0n) is 20.8. The molecular weight excluding hydrogens is 472 g/mol. The molecule has 37 heavy (non-hydrogen) atoms. The zero-order chi connectivity index (χ0) is 26.1. The Morgan fingerprint density at radius 2 is 1.73 bits per heavy atom. The number of hydrogen-bond donors (Lipinski definition) is 0. The fourth-order valence-electron chi connectivity index (χ4n) is 4.22. The number of carbonyl (C=O) groups is 1. The van der Waals surface area contributed by atoms with Crippen molar-refractivity contribution >= 4 is 17.1 Å². The summed E-state index contributed by atoms with van der Waals surface area (Å²) in [6.07, 6.45) is 3.45. The number of fused-ring (bicyclic) bond motifs is 1. The number of carbonyl (C=O) groups excluding carboxylic acids is 1. The van der Waals surface area contributed by atoms with Crippen LogP contribution in [0, 0.1) is 6.92 Å². The van der Waals surface area contributed by atoms with E-state index in [1.54, 1.807) is 29.5 Å². The van der Waals surface area contributed by atoms with Crippen molar-refractivity contribution < 1.29 is 9.53 Å². The van der Waals surface area contributed by atoms with E-state index < -0.39 is 17.2 Å². The Hall–Kier alpha value is -4.73. The average Bonchev–Trinajstić information content (AvgIpc) is 3.52. The molecular formula is C27H26N6O4. The lowest BCUT2D eigenvalue weighted by atomic mass is 10.1. The van der Waals surface area contributed by atoms with Crippen LogP contribution in [0.1, 0.15) is 22.3 Å². The van der Waals surface area contributed by atoms with Crippen molar-refractivity contribution in [1.82, 2.24) is 28.5 Å². The average molecular weight is 499 g/mol. The molecule has 3 heterocycles. The molecule has 0 aliphatic carbocycles. The largest absolute Gasteiger partial charge is 0.462 e. The Morgan fingerprint density at radius 3 is 2.46 bits per heavy atom. The molecule has 0 unspecified atom stereocenters. The fourth-order valence-corrected chi connectivity index (χ4v) is 4.22. The second kappa shape index (κ2) is 9.73. The van der Waals surface area contributed by atoms with E-state index in [4.69, 9.17) is 4.74 Å². The summed E-state index contributed by atoms with van der Waals surface area (Å²) >= 11 is 0. The highest BCUT2D eigenvalue weighted by Gasteiger charge is 2.20. The minimum atomic E-state index is -0.528. The number of aromatic nitrogens is 6. The minimum absolute atomic E-state index is 0.0296. The van der Waals surface area contributed by atoms with Gasteiger partial charge in [0.2, 0.25) is 0 Å². The summed E-state index contributed by atoms with van der Waals surface area (Å²) in [5.74, 6) is -0.528. The SMILES string of the molecule is Cc1ccc(-n2cc(C(=O)OCCCn3c(=O)c4c(ncn4C)n(C)c3=O)c(-c3ccccc3)n2)cc1. The van der Waals surface area contributed by atoms with Crippen LogP contribution in [-0.2, 0) is 25.4 Å². The molecule has 0 fully saturated rings. The molecule has 3 aromatic heterocycles. The predicted molar refractivity (Wildman–Crippen MR) is 139 cm³/mol. The maximum absolute atomic E-state index is 13.1. The first-order valence-corrected chi connectivity index (χ1v) is 11.9. The lowest BCUT2D eigenvalue weighted by molar-refractivity contribution is 0.0496. The van der Waals surface area contributed by atoms with Crippen LogP contribution in [0.2, 0.25) is 0 Å². The van der Waals surface area contributed by atoms with Gasteiger partial charge in [-0.2, -0.15) is 5.10 Å². The summed E-state index contributed by atoms with van der Waals surface area (Å²) in [4.78, 5) is 42.8. The second-order valence-electron chi connectivity index (χ2n) is 8.85. The van der Waals surface area contributed by atoms with Crippen LogP contribution < -0.4 is 11.2 Å². The van der Waals surface area contributed by atoms with E-state index >= 15 is 0 Å². The van der Waals surface area contributed by atoms with Gasteiger partial charge < -0.3 is 9.30 Å². The van der Waals surface area contributed by atoms with Gasteiger partial charge in [-0.25, -0.2) is 19.3 Å². The molecule has 0 aliphatic heterocycles. The fraction of sp³-hybridized carbons (Fsp3) is 0.222. The van der Waals surface area contributed by atoms with Crippen molar-refractivity contribution in [2.45, 2.75) is 19.9 Å². The Morgan fingerprint density at radius 1 is 1.00 bits per heavy atom. The monoisotopic (exact) mass is 498 g/mol. The van der Waals surface area contributed by atoms with Crippen LogP contribution >= 0.6 is 0 Å². The van der Waals surface area contributed by atoms with Gasteiger partial charge in [0.05, 0.1) is 18.6 Å². The summed E-state index contributed by atoms with van der Waals surface area (Å²) in [6.45, 7) is 2.14. The summed E-state index contributed by atoms with van der Waals surface area (Å²) in [7, 11) is 3.28. The molecule has 0 saturated heterocycles. The van der Waals surface area contributed by atoms with Crippen molar-refractivity contribution in [3.8, 4) is 16.9 Å². The van der Waals surface area contributed by atoms with Crippen molar-refractivity contribution in [3.63, 3.8) is 0 Å². The number of ether oxygens (including phenoxy) is 1. The van der Waals surface area contributed by atoms with Crippen molar-refractivity contribution in [2.24, 2.45) is 14.1 Å². The molecule has 2 aromatic carbocycles. The maximum Gasteiger partial charge on any atom is 0.342 e. The van der Waals surface area contributed by atoms with E-state index in [1.807, 2.05) is 61.5 Å². The van der Waals surface area contributed by atoms with Crippen molar-refractivity contribution in [3.05, 3.63) is 99.1 Å². The Balaban J connectivity index is 1.35. The normalized spacial score (nSPS) is 11.2. The maximum atomic E-state index is 13.1. The van der Waals surface area contributed by atoms with Gasteiger partial charge in [-0.3, -0.25) is 13.9 Å². The standard InChI is InChI=1S/C27H26N6O4/c1-18-10-12-20(13-11-18)33-16-21(22(29-33)19-8-5-4-6-9-19)26(35)37-15-7-14-32-25(34)23-24(28-17-30(23)2)31(3)27(32)36/h4-6,8-13,16-17H,7,14-15H2,1-3H3. The smallest absolute Gasteiger partial charge is 0.342 e. The molecule has 10 nitrogen and oxygen atoms in total. The highest BCUT2D eigenvalue weighted by Crippen LogP contribution is 2.24. The zero-order valence-corrected chi connectivity index (χ0v) is 20.8. The predicted octanol–water partition coefficient (Wildman–Crippen LogP) is 2.84. The van der Waals surface area contributed by atoms with Crippen LogP contribution in [0.5, 0.6) is 0 Å². The van der Waals surface area contributed by atoms with Crippen molar-refractivity contribution in [2.75, 3.05) is 6.61 Å². The lowest BCUT2D eigenvalue weighted by Crippen LogP contribution is -2.39. The van der Waals surface area contributed by atoms with Crippen LogP contribution in [0.15, 0.2) is 76.7 Å². The first kappa shape index (κ1) is 24.0. The van der Waals surface area contributed by atoms with E-state index in [2.05, 4.69) is 10.1 Å². The lowest BCUT2D eigenvalue weighted by Gasteiger charge is -2.09. The van der Waals surface area contributed by atoms with E-state index in [0.717, 1.165) is 21.4 Å². The van der Waals surface area contributed by atoms with Crippen molar-refractivity contribution in [1.29, 1.82) is 0 Å². The van der Waals surface area contributed by atoms with E-state index in [9.17, 15) is 14.4 Å². The summed E-state index contributed by atoms with van der Waals surface area (Å²) < 4.78 is 11.3. The van der Waals surface area contributed by atoms with Crippen LogP contribution in [0.4, 0.5) is 0 Å². The minimum Gasteiger partial charge on any atom is -0.462 e. The third-order valence-electron chi connectivity index (χ3n) is 6.24. The van der Waals surface area contributed by atoms with Gasteiger partial charge in [0, 0.05) is 32.4 Å². The molecule has 5 rings (SSSR count). The van der Waals surface area contributed by atoms with Gasteiger partial charge in [-0.15, -0.1) is 0 Å². The molecule has 0 spiro atoms. The first-order chi connectivity index (χ1) is 17.8. The molecule has 0 bridgehead atoms. The number of esters is 1. The van der Waals surface area contributed by atoms with Gasteiger partial charge in [-0.1, -0.05) is 48.0 Å².